The molecule has 3 aromatic rings. The average molecular weight is 257 g/mol. The minimum absolute atomic E-state index is 0.00182. The van der Waals surface area contributed by atoms with Crippen LogP contribution in [-0.2, 0) is 0 Å². The normalized spacial score (nSPS) is 10.6. The lowest BCUT2D eigenvalue weighted by Crippen LogP contribution is -1.96. The zero-order valence-corrected chi connectivity index (χ0v) is 9.79. The van der Waals surface area contributed by atoms with Crippen molar-refractivity contribution in [1.82, 2.24) is 14.5 Å². The van der Waals surface area contributed by atoms with E-state index >= 15 is 0 Å². The van der Waals surface area contributed by atoms with E-state index in [4.69, 9.17) is 0 Å². The first-order valence-electron chi connectivity index (χ1n) is 5.64. The molecule has 0 unspecified atom stereocenters. The Kier molecular flexibility index (Phi) is 2.79. The molecular weight excluding hydrogens is 248 g/mol. The van der Waals surface area contributed by atoms with Crippen LogP contribution in [0.15, 0.2) is 55.2 Å². The van der Waals surface area contributed by atoms with Gasteiger partial charge in [-0.3, -0.25) is 4.98 Å². The summed E-state index contributed by atoms with van der Waals surface area (Å²) < 4.78 is 29.2. The Morgan fingerprint density at radius 3 is 2.63 bits per heavy atom. The maximum absolute atomic E-state index is 13.8. The first-order valence-corrected chi connectivity index (χ1v) is 5.64. The van der Waals surface area contributed by atoms with Crippen molar-refractivity contribution in [2.75, 3.05) is 0 Å². The van der Waals surface area contributed by atoms with Crippen molar-refractivity contribution in [3.63, 3.8) is 0 Å². The highest BCUT2D eigenvalue weighted by Crippen LogP contribution is 2.25. The van der Waals surface area contributed by atoms with Gasteiger partial charge in [-0.15, -0.1) is 0 Å². The number of hydrogen-bond donors (Lipinski definition) is 0. The molecule has 0 saturated carbocycles. The Morgan fingerprint density at radius 1 is 1.00 bits per heavy atom. The van der Waals surface area contributed by atoms with Crippen molar-refractivity contribution in [2.45, 2.75) is 0 Å². The van der Waals surface area contributed by atoms with Crippen LogP contribution in [0.2, 0.25) is 0 Å². The molecule has 1 aromatic carbocycles. The summed E-state index contributed by atoms with van der Waals surface area (Å²) in [5.74, 6) is -1.06. The van der Waals surface area contributed by atoms with Crippen LogP contribution in [0.4, 0.5) is 8.78 Å². The van der Waals surface area contributed by atoms with E-state index < -0.39 is 11.6 Å². The standard InChI is InChI=1S/C14H9F2N3/c15-12-4-3-10(19-7-6-17-9-19)8-11(12)14-13(16)2-1-5-18-14/h1-9H. The number of imidazole rings is 1. The van der Waals surface area contributed by atoms with Crippen molar-refractivity contribution < 1.29 is 8.78 Å². The Morgan fingerprint density at radius 2 is 1.89 bits per heavy atom. The largest absolute Gasteiger partial charge is 0.306 e. The zero-order valence-electron chi connectivity index (χ0n) is 9.79. The molecule has 3 nitrogen and oxygen atoms in total. The van der Waals surface area contributed by atoms with Crippen molar-refractivity contribution in [3.8, 4) is 16.9 Å². The van der Waals surface area contributed by atoms with Gasteiger partial charge in [-0.1, -0.05) is 0 Å². The van der Waals surface area contributed by atoms with Crippen LogP contribution in [0.3, 0.4) is 0 Å². The summed E-state index contributed by atoms with van der Waals surface area (Å²) in [6.45, 7) is 0. The Labute approximate surface area is 108 Å². The number of aromatic nitrogens is 3. The minimum Gasteiger partial charge on any atom is -0.306 e. The summed E-state index contributed by atoms with van der Waals surface area (Å²) in [7, 11) is 0. The molecule has 19 heavy (non-hydrogen) atoms. The highest BCUT2D eigenvalue weighted by atomic mass is 19.1. The lowest BCUT2D eigenvalue weighted by molar-refractivity contribution is 0.611. The topological polar surface area (TPSA) is 30.7 Å². The van der Waals surface area contributed by atoms with E-state index in [1.165, 1.54) is 24.4 Å². The van der Waals surface area contributed by atoms with E-state index in [2.05, 4.69) is 9.97 Å². The quantitative estimate of drug-likeness (QED) is 0.705. The monoisotopic (exact) mass is 257 g/mol. The van der Waals surface area contributed by atoms with Gasteiger partial charge in [0.15, 0.2) is 0 Å². The van der Waals surface area contributed by atoms with Crippen molar-refractivity contribution in [1.29, 1.82) is 0 Å². The average Bonchev–Trinajstić information content (AvgIpc) is 2.94. The van der Waals surface area contributed by atoms with E-state index in [0.29, 0.717) is 5.69 Å². The predicted octanol–water partition coefficient (Wildman–Crippen LogP) is 3.21. The third kappa shape index (κ3) is 2.10. The lowest BCUT2D eigenvalue weighted by Gasteiger charge is -2.07. The van der Waals surface area contributed by atoms with Gasteiger partial charge in [-0.25, -0.2) is 13.8 Å². The zero-order chi connectivity index (χ0) is 13.2. The van der Waals surface area contributed by atoms with Gasteiger partial charge in [-0.05, 0) is 30.3 Å². The van der Waals surface area contributed by atoms with E-state index in [1.54, 1.807) is 35.4 Å². The molecule has 0 radical (unpaired) electrons. The van der Waals surface area contributed by atoms with Crippen LogP contribution < -0.4 is 0 Å². The summed E-state index contributed by atoms with van der Waals surface area (Å²) in [6.07, 6.45) is 6.36. The van der Waals surface area contributed by atoms with Gasteiger partial charge in [0, 0.05) is 29.8 Å². The van der Waals surface area contributed by atoms with E-state index in [9.17, 15) is 8.78 Å². The van der Waals surface area contributed by atoms with Gasteiger partial charge in [0.05, 0.1) is 6.33 Å². The number of benzene rings is 1. The van der Waals surface area contributed by atoms with Gasteiger partial charge in [0.25, 0.3) is 0 Å². The van der Waals surface area contributed by atoms with Crippen molar-refractivity contribution in [3.05, 3.63) is 66.9 Å². The van der Waals surface area contributed by atoms with Gasteiger partial charge >= 0.3 is 0 Å². The molecule has 5 heteroatoms. The number of rotatable bonds is 2. The smallest absolute Gasteiger partial charge is 0.149 e. The fraction of sp³-hybridized carbons (Fsp3) is 0. The summed E-state index contributed by atoms with van der Waals surface area (Å²) in [4.78, 5) is 7.81. The maximum Gasteiger partial charge on any atom is 0.149 e. The first kappa shape index (κ1) is 11.5. The number of nitrogens with zero attached hydrogens (tertiary/aromatic N) is 3. The molecule has 0 aliphatic heterocycles. The Bertz CT molecular complexity index is 708. The SMILES string of the molecule is Fc1ccc(-n2ccnc2)cc1-c1ncccc1F. The molecular formula is C14H9F2N3. The molecule has 0 fully saturated rings. The first-order chi connectivity index (χ1) is 9.25. The molecule has 0 bridgehead atoms. The van der Waals surface area contributed by atoms with Crippen molar-refractivity contribution >= 4 is 0 Å². The Hall–Kier alpha value is -2.56. The van der Waals surface area contributed by atoms with Gasteiger partial charge < -0.3 is 4.57 Å². The molecule has 0 amide bonds. The van der Waals surface area contributed by atoms with E-state index in [-0.39, 0.29) is 11.3 Å². The molecule has 3 rings (SSSR count). The van der Waals surface area contributed by atoms with Crippen LogP contribution in [0, 0.1) is 11.6 Å². The molecule has 0 saturated heterocycles. The van der Waals surface area contributed by atoms with Crippen LogP contribution in [0.25, 0.3) is 16.9 Å². The molecule has 0 atom stereocenters. The molecule has 94 valence electrons. The fourth-order valence-corrected chi connectivity index (χ4v) is 1.85. The summed E-state index contributed by atoms with van der Waals surface area (Å²) in [5, 5.41) is 0. The third-order valence-electron chi connectivity index (χ3n) is 2.77. The lowest BCUT2D eigenvalue weighted by atomic mass is 10.1. The number of hydrogen-bond acceptors (Lipinski definition) is 2. The van der Waals surface area contributed by atoms with Crippen LogP contribution in [-0.4, -0.2) is 14.5 Å². The molecule has 0 aliphatic rings. The minimum atomic E-state index is -0.552. The second-order valence-corrected chi connectivity index (χ2v) is 3.97. The summed E-state index contributed by atoms with van der Waals surface area (Å²) in [5.41, 5.74) is 0.824. The predicted molar refractivity (Wildman–Crippen MR) is 66.7 cm³/mol. The van der Waals surface area contributed by atoms with Gasteiger partial charge in [0.2, 0.25) is 0 Å². The summed E-state index contributed by atoms with van der Waals surface area (Å²) in [6, 6.07) is 7.16. The number of halogens is 2. The molecule has 0 aliphatic carbocycles. The molecule has 0 spiro atoms. The highest BCUT2D eigenvalue weighted by molar-refractivity contribution is 5.63. The van der Waals surface area contributed by atoms with Crippen LogP contribution >= 0.6 is 0 Å². The van der Waals surface area contributed by atoms with Gasteiger partial charge in [-0.2, -0.15) is 0 Å². The highest BCUT2D eigenvalue weighted by Gasteiger charge is 2.12. The van der Waals surface area contributed by atoms with E-state index in [0.717, 1.165) is 0 Å². The van der Waals surface area contributed by atoms with Crippen LogP contribution in [0.1, 0.15) is 0 Å². The second-order valence-electron chi connectivity index (χ2n) is 3.97. The van der Waals surface area contributed by atoms with Gasteiger partial charge in [0.1, 0.15) is 17.3 Å². The molecule has 2 heterocycles. The van der Waals surface area contributed by atoms with Crippen molar-refractivity contribution in [2.24, 2.45) is 0 Å². The Balaban J connectivity index is 2.17. The van der Waals surface area contributed by atoms with Crippen LogP contribution in [0.5, 0.6) is 0 Å². The fourth-order valence-electron chi connectivity index (χ4n) is 1.85. The maximum atomic E-state index is 13.8. The second kappa shape index (κ2) is 4.61. The number of pyridine rings is 1. The summed E-state index contributed by atoms with van der Waals surface area (Å²) >= 11 is 0. The van der Waals surface area contributed by atoms with E-state index in [1.807, 2.05) is 0 Å². The molecule has 2 aromatic heterocycles. The third-order valence-corrected chi connectivity index (χ3v) is 2.77. The molecule has 0 N–H and O–H groups in total.